The summed E-state index contributed by atoms with van der Waals surface area (Å²) in [5.74, 6) is 0.382. The Kier molecular flexibility index (Phi) is 2.88. The van der Waals surface area contributed by atoms with Crippen LogP contribution in [0.25, 0.3) is 0 Å². The van der Waals surface area contributed by atoms with Crippen molar-refractivity contribution in [1.29, 1.82) is 0 Å². The van der Waals surface area contributed by atoms with Crippen molar-refractivity contribution in [3.05, 3.63) is 17.3 Å². The summed E-state index contributed by atoms with van der Waals surface area (Å²) >= 11 is 5.91. The van der Waals surface area contributed by atoms with E-state index in [9.17, 15) is 0 Å². The van der Waals surface area contributed by atoms with Crippen LogP contribution in [0, 0.1) is 0 Å². The number of nitrogens with zero attached hydrogens (tertiary/aromatic N) is 1. The number of nitrogen functional groups attached to an aromatic ring is 1. The molecule has 0 atom stereocenters. The van der Waals surface area contributed by atoms with Gasteiger partial charge in [0.05, 0.1) is 16.2 Å². The van der Waals surface area contributed by atoms with E-state index in [1.807, 2.05) is 27.7 Å². The molecular formula is C11H16BClN2O2. The molecule has 1 aliphatic heterocycles. The van der Waals surface area contributed by atoms with Gasteiger partial charge in [0.2, 0.25) is 0 Å². The molecular weight excluding hydrogens is 238 g/mol. The van der Waals surface area contributed by atoms with Crippen molar-refractivity contribution in [2.75, 3.05) is 5.73 Å². The van der Waals surface area contributed by atoms with Crippen molar-refractivity contribution in [2.45, 2.75) is 38.9 Å². The molecule has 1 saturated heterocycles. The fraction of sp³-hybridized carbons (Fsp3) is 0.545. The van der Waals surface area contributed by atoms with Crippen LogP contribution in [0.2, 0.25) is 5.02 Å². The summed E-state index contributed by atoms with van der Waals surface area (Å²) in [5, 5.41) is 0.518. The van der Waals surface area contributed by atoms with Crippen LogP contribution >= 0.6 is 11.6 Å². The number of pyridine rings is 1. The van der Waals surface area contributed by atoms with Crippen LogP contribution in [0.4, 0.5) is 5.82 Å². The lowest BCUT2D eigenvalue weighted by molar-refractivity contribution is 0.00578. The van der Waals surface area contributed by atoms with Gasteiger partial charge in [-0.05, 0) is 33.8 Å². The summed E-state index contributed by atoms with van der Waals surface area (Å²) in [4.78, 5) is 4.00. The second-order valence-electron chi connectivity index (χ2n) is 5.22. The Hall–Kier alpha value is -0.775. The molecule has 0 spiro atoms. The predicted molar refractivity (Wildman–Crippen MR) is 69.4 cm³/mol. The standard InChI is InChI=1S/C11H16BClN2O2/c1-10(2)11(3,4)17-12(16-10)8-5-7(13)6-15-9(8)14/h5-6H,1-4H3,(H2,14,15). The Balaban J connectivity index is 2.35. The molecule has 0 unspecified atom stereocenters. The highest BCUT2D eigenvalue weighted by molar-refractivity contribution is 6.64. The van der Waals surface area contributed by atoms with Gasteiger partial charge >= 0.3 is 7.12 Å². The maximum atomic E-state index is 5.91. The lowest BCUT2D eigenvalue weighted by Gasteiger charge is -2.32. The normalized spacial score (nSPS) is 21.8. The lowest BCUT2D eigenvalue weighted by atomic mass is 9.79. The van der Waals surface area contributed by atoms with Crippen LogP contribution in [-0.4, -0.2) is 23.3 Å². The van der Waals surface area contributed by atoms with Crippen LogP contribution < -0.4 is 11.2 Å². The molecule has 1 aliphatic rings. The summed E-state index contributed by atoms with van der Waals surface area (Å²) in [6, 6.07) is 1.73. The van der Waals surface area contributed by atoms with Gasteiger partial charge in [0.15, 0.2) is 0 Å². The molecule has 1 aromatic heterocycles. The van der Waals surface area contributed by atoms with Crippen molar-refractivity contribution < 1.29 is 9.31 Å². The second-order valence-corrected chi connectivity index (χ2v) is 5.65. The highest BCUT2D eigenvalue weighted by Gasteiger charge is 2.52. The Morgan fingerprint density at radius 2 is 1.76 bits per heavy atom. The molecule has 0 radical (unpaired) electrons. The molecule has 0 aliphatic carbocycles. The van der Waals surface area contributed by atoms with Crippen molar-refractivity contribution in [1.82, 2.24) is 4.98 Å². The quantitative estimate of drug-likeness (QED) is 0.774. The first kappa shape index (κ1) is 12.7. The van der Waals surface area contributed by atoms with Crippen molar-refractivity contribution in [2.24, 2.45) is 0 Å². The smallest absolute Gasteiger partial charge is 0.399 e. The Morgan fingerprint density at radius 3 is 2.29 bits per heavy atom. The van der Waals surface area contributed by atoms with Gasteiger partial charge in [-0.15, -0.1) is 0 Å². The summed E-state index contributed by atoms with van der Waals surface area (Å²) in [6.07, 6.45) is 1.51. The minimum Gasteiger partial charge on any atom is -0.399 e. The lowest BCUT2D eigenvalue weighted by Crippen LogP contribution is -2.41. The molecule has 1 aromatic rings. The Bertz CT molecular complexity index is 435. The Labute approximate surface area is 107 Å². The monoisotopic (exact) mass is 254 g/mol. The first-order chi connectivity index (χ1) is 7.73. The molecule has 92 valence electrons. The van der Waals surface area contributed by atoms with E-state index in [-0.39, 0.29) is 0 Å². The van der Waals surface area contributed by atoms with E-state index in [1.165, 1.54) is 6.20 Å². The fourth-order valence-corrected chi connectivity index (χ4v) is 1.79. The van der Waals surface area contributed by atoms with Crippen molar-refractivity contribution >= 4 is 30.0 Å². The van der Waals surface area contributed by atoms with Gasteiger partial charge < -0.3 is 15.0 Å². The summed E-state index contributed by atoms with van der Waals surface area (Å²) < 4.78 is 11.8. The van der Waals surface area contributed by atoms with Gasteiger partial charge in [-0.25, -0.2) is 4.98 Å². The summed E-state index contributed by atoms with van der Waals surface area (Å²) in [7, 11) is -0.522. The number of halogens is 1. The van der Waals surface area contributed by atoms with E-state index in [1.54, 1.807) is 6.07 Å². The van der Waals surface area contributed by atoms with Crippen molar-refractivity contribution in [3.8, 4) is 0 Å². The SMILES string of the molecule is CC1(C)OB(c2cc(Cl)cnc2N)OC1(C)C. The third kappa shape index (κ3) is 2.15. The summed E-state index contributed by atoms with van der Waals surface area (Å²) in [6.45, 7) is 7.95. The molecule has 2 N–H and O–H groups in total. The zero-order chi connectivity index (χ0) is 12.8. The topological polar surface area (TPSA) is 57.4 Å². The zero-order valence-electron chi connectivity index (χ0n) is 10.5. The van der Waals surface area contributed by atoms with E-state index >= 15 is 0 Å². The molecule has 4 nitrogen and oxygen atoms in total. The molecule has 0 bridgehead atoms. The molecule has 17 heavy (non-hydrogen) atoms. The van der Waals surface area contributed by atoms with Crippen LogP contribution in [0.1, 0.15) is 27.7 Å². The minimum atomic E-state index is -0.522. The number of hydrogen-bond donors (Lipinski definition) is 1. The average molecular weight is 255 g/mol. The number of nitrogens with two attached hydrogens (primary N) is 1. The largest absolute Gasteiger partial charge is 0.498 e. The molecule has 0 aromatic carbocycles. The van der Waals surface area contributed by atoms with Crippen LogP contribution in [0.3, 0.4) is 0 Å². The number of rotatable bonds is 1. The van der Waals surface area contributed by atoms with Gasteiger partial charge in [-0.1, -0.05) is 11.6 Å². The van der Waals surface area contributed by atoms with E-state index in [2.05, 4.69) is 4.98 Å². The molecule has 1 fully saturated rings. The average Bonchev–Trinajstić information content (AvgIpc) is 2.40. The number of anilines is 1. The predicted octanol–water partition coefficient (Wildman–Crippen LogP) is 1.62. The van der Waals surface area contributed by atoms with Gasteiger partial charge in [0, 0.05) is 11.7 Å². The van der Waals surface area contributed by atoms with Gasteiger partial charge in [-0.2, -0.15) is 0 Å². The van der Waals surface area contributed by atoms with Gasteiger partial charge in [0.25, 0.3) is 0 Å². The van der Waals surface area contributed by atoms with Gasteiger partial charge in [0.1, 0.15) is 5.82 Å². The van der Waals surface area contributed by atoms with Crippen LogP contribution in [0.15, 0.2) is 12.3 Å². The van der Waals surface area contributed by atoms with E-state index in [4.69, 9.17) is 26.6 Å². The van der Waals surface area contributed by atoms with Crippen LogP contribution in [-0.2, 0) is 9.31 Å². The molecule has 2 rings (SSSR count). The van der Waals surface area contributed by atoms with Crippen LogP contribution in [0.5, 0.6) is 0 Å². The minimum absolute atomic E-state index is 0.382. The Morgan fingerprint density at radius 1 is 1.24 bits per heavy atom. The van der Waals surface area contributed by atoms with E-state index in [0.717, 1.165) is 0 Å². The second kappa shape index (κ2) is 3.87. The molecule has 6 heteroatoms. The zero-order valence-corrected chi connectivity index (χ0v) is 11.2. The first-order valence-corrected chi connectivity index (χ1v) is 5.87. The number of hydrogen-bond acceptors (Lipinski definition) is 4. The number of aromatic nitrogens is 1. The fourth-order valence-electron chi connectivity index (χ4n) is 1.62. The van der Waals surface area contributed by atoms with E-state index in [0.29, 0.717) is 16.3 Å². The molecule has 0 amide bonds. The maximum absolute atomic E-state index is 5.91. The third-order valence-electron chi connectivity index (χ3n) is 3.42. The van der Waals surface area contributed by atoms with E-state index < -0.39 is 18.3 Å². The molecule has 2 heterocycles. The maximum Gasteiger partial charge on any atom is 0.498 e. The van der Waals surface area contributed by atoms with Gasteiger partial charge in [-0.3, -0.25) is 0 Å². The summed E-state index contributed by atoms with van der Waals surface area (Å²) in [5.41, 5.74) is 5.70. The van der Waals surface area contributed by atoms with Crippen molar-refractivity contribution in [3.63, 3.8) is 0 Å². The highest BCUT2D eigenvalue weighted by atomic mass is 35.5. The molecule has 0 saturated carbocycles. The third-order valence-corrected chi connectivity index (χ3v) is 3.63. The highest BCUT2D eigenvalue weighted by Crippen LogP contribution is 2.36. The first-order valence-electron chi connectivity index (χ1n) is 5.49.